The highest BCUT2D eigenvalue weighted by atomic mass is 32.1. The molecule has 1 aliphatic heterocycles. The van der Waals surface area contributed by atoms with Gasteiger partial charge in [-0.1, -0.05) is 17.4 Å². The third-order valence-corrected chi connectivity index (χ3v) is 6.43. The molecule has 5 heterocycles. The van der Waals surface area contributed by atoms with Crippen LogP contribution in [0.4, 0.5) is 0 Å². The Labute approximate surface area is 189 Å². The SMILES string of the molecule is Cc1nnc(-c2cc3cc(CC(=O)c4ccnc(C5=CCN(C)CC5)c4)ncc3cn2)s1. The van der Waals surface area contributed by atoms with Crippen LogP contribution in [0.2, 0.25) is 0 Å². The maximum atomic E-state index is 13.0. The first-order chi connectivity index (χ1) is 15.5. The summed E-state index contributed by atoms with van der Waals surface area (Å²) in [6.45, 7) is 3.83. The number of Topliss-reactive ketones (excluding diaryl/α,β-unsaturated/α-hetero) is 1. The summed E-state index contributed by atoms with van der Waals surface area (Å²) in [7, 11) is 2.10. The zero-order valence-electron chi connectivity index (χ0n) is 17.9. The zero-order chi connectivity index (χ0) is 22.1. The van der Waals surface area contributed by atoms with Crippen molar-refractivity contribution in [1.29, 1.82) is 0 Å². The molecule has 0 bridgehead atoms. The molecular formula is C24H22N6OS. The lowest BCUT2D eigenvalue weighted by Gasteiger charge is -2.21. The van der Waals surface area contributed by atoms with E-state index in [1.165, 1.54) is 16.9 Å². The summed E-state index contributed by atoms with van der Waals surface area (Å²) in [5, 5.41) is 11.8. The van der Waals surface area contributed by atoms with Gasteiger partial charge in [-0.2, -0.15) is 0 Å². The van der Waals surface area contributed by atoms with Crippen molar-refractivity contribution in [1.82, 2.24) is 30.0 Å². The molecule has 32 heavy (non-hydrogen) atoms. The molecule has 0 unspecified atom stereocenters. The van der Waals surface area contributed by atoms with Crippen LogP contribution >= 0.6 is 11.3 Å². The second-order valence-electron chi connectivity index (χ2n) is 7.99. The molecule has 4 aromatic heterocycles. The van der Waals surface area contributed by atoms with E-state index < -0.39 is 0 Å². The van der Waals surface area contributed by atoms with Crippen LogP contribution in [0.25, 0.3) is 27.0 Å². The van der Waals surface area contributed by atoms with Crippen molar-refractivity contribution < 1.29 is 4.79 Å². The predicted octanol–water partition coefficient (Wildman–Crippen LogP) is 4.00. The Kier molecular flexibility index (Phi) is 5.55. The van der Waals surface area contributed by atoms with Crippen LogP contribution in [0.1, 0.15) is 33.2 Å². The Morgan fingerprint density at radius 1 is 1.06 bits per heavy atom. The smallest absolute Gasteiger partial charge is 0.168 e. The number of aromatic nitrogens is 5. The van der Waals surface area contributed by atoms with Crippen molar-refractivity contribution in [2.24, 2.45) is 0 Å². The predicted molar refractivity (Wildman–Crippen MR) is 126 cm³/mol. The standard InChI is InChI=1S/C24H22N6OS/c1-15-28-29-24(32-15)22-11-18-9-20(26-13-19(18)14-27-22)12-23(31)17-3-6-25-21(10-17)16-4-7-30(2)8-5-16/h3-4,6,9-11,13-14H,5,7-8,12H2,1-2H3. The van der Waals surface area contributed by atoms with Crippen molar-refractivity contribution in [2.45, 2.75) is 19.8 Å². The number of hydrogen-bond donors (Lipinski definition) is 0. The summed E-state index contributed by atoms with van der Waals surface area (Å²) in [6, 6.07) is 7.61. The first-order valence-electron chi connectivity index (χ1n) is 10.5. The molecule has 0 aliphatic carbocycles. The number of hydrogen-bond acceptors (Lipinski definition) is 8. The van der Waals surface area contributed by atoms with E-state index in [1.807, 2.05) is 25.1 Å². The minimum Gasteiger partial charge on any atom is -0.302 e. The third kappa shape index (κ3) is 4.32. The number of aryl methyl sites for hydroxylation is 1. The van der Waals surface area contributed by atoms with Crippen LogP contribution < -0.4 is 0 Å². The highest BCUT2D eigenvalue weighted by Crippen LogP contribution is 2.25. The van der Waals surface area contributed by atoms with Crippen molar-refractivity contribution in [3.63, 3.8) is 0 Å². The van der Waals surface area contributed by atoms with Gasteiger partial charge < -0.3 is 4.90 Å². The van der Waals surface area contributed by atoms with Crippen LogP contribution in [0.15, 0.2) is 48.9 Å². The Bertz CT molecular complexity index is 1350. The normalized spacial score (nSPS) is 14.5. The van der Waals surface area contributed by atoms with Crippen LogP contribution in [0.5, 0.6) is 0 Å². The molecule has 5 rings (SSSR count). The van der Waals surface area contributed by atoms with Gasteiger partial charge in [-0.15, -0.1) is 10.2 Å². The third-order valence-electron chi connectivity index (χ3n) is 5.57. The molecule has 7 nitrogen and oxygen atoms in total. The van der Waals surface area contributed by atoms with Gasteiger partial charge in [-0.05, 0) is 55.6 Å². The van der Waals surface area contributed by atoms with Crippen LogP contribution in [-0.2, 0) is 6.42 Å². The summed E-state index contributed by atoms with van der Waals surface area (Å²) in [5.41, 5.74) is 4.25. The number of fused-ring (bicyclic) bond motifs is 1. The van der Waals surface area contributed by atoms with E-state index in [4.69, 9.17) is 0 Å². The Morgan fingerprint density at radius 3 is 2.72 bits per heavy atom. The van der Waals surface area contributed by atoms with Gasteiger partial charge in [0.2, 0.25) is 0 Å². The van der Waals surface area contributed by atoms with E-state index >= 15 is 0 Å². The fourth-order valence-corrected chi connectivity index (χ4v) is 4.41. The lowest BCUT2D eigenvalue weighted by Crippen LogP contribution is -2.23. The van der Waals surface area contributed by atoms with E-state index in [-0.39, 0.29) is 12.2 Å². The van der Waals surface area contributed by atoms with Gasteiger partial charge in [0.05, 0.1) is 12.1 Å². The monoisotopic (exact) mass is 442 g/mol. The molecule has 8 heteroatoms. The molecule has 0 fully saturated rings. The molecule has 0 saturated carbocycles. The van der Waals surface area contributed by atoms with Crippen molar-refractivity contribution in [3.05, 3.63) is 70.9 Å². The second-order valence-corrected chi connectivity index (χ2v) is 9.17. The number of rotatable bonds is 5. The summed E-state index contributed by atoms with van der Waals surface area (Å²) >= 11 is 1.51. The van der Waals surface area contributed by atoms with Crippen molar-refractivity contribution >= 4 is 33.5 Å². The Balaban J connectivity index is 1.38. The molecule has 1 aliphatic rings. The average molecular weight is 443 g/mol. The lowest BCUT2D eigenvalue weighted by atomic mass is 10.0. The molecular weight excluding hydrogens is 420 g/mol. The fourth-order valence-electron chi connectivity index (χ4n) is 3.75. The summed E-state index contributed by atoms with van der Waals surface area (Å²) < 4.78 is 0. The highest BCUT2D eigenvalue weighted by Gasteiger charge is 2.15. The van der Waals surface area contributed by atoms with Gasteiger partial charge >= 0.3 is 0 Å². The minimum absolute atomic E-state index is 0.0306. The second kappa shape index (κ2) is 8.64. The van der Waals surface area contributed by atoms with E-state index in [0.29, 0.717) is 5.56 Å². The van der Waals surface area contributed by atoms with E-state index in [0.717, 1.165) is 57.4 Å². The lowest BCUT2D eigenvalue weighted by molar-refractivity contribution is 0.0992. The topological polar surface area (TPSA) is 84.8 Å². The molecule has 0 aromatic carbocycles. The Morgan fingerprint density at radius 2 is 1.94 bits per heavy atom. The van der Waals surface area contributed by atoms with Crippen molar-refractivity contribution in [3.8, 4) is 10.7 Å². The molecule has 4 aromatic rings. The summed E-state index contributed by atoms with van der Waals surface area (Å²) in [6.07, 6.45) is 8.63. The van der Waals surface area contributed by atoms with Crippen molar-refractivity contribution in [2.75, 3.05) is 20.1 Å². The van der Waals surface area contributed by atoms with Gasteiger partial charge in [-0.3, -0.25) is 19.7 Å². The summed E-state index contributed by atoms with van der Waals surface area (Å²) in [5.74, 6) is 0.0306. The van der Waals surface area contributed by atoms with E-state index in [2.05, 4.69) is 43.2 Å². The number of carbonyl (C=O) groups excluding carboxylic acids is 1. The molecule has 160 valence electrons. The number of likely N-dealkylation sites (N-methyl/N-ethyl adjacent to an activating group) is 1. The van der Waals surface area contributed by atoms with Gasteiger partial charge in [0.25, 0.3) is 0 Å². The van der Waals surface area contributed by atoms with Crippen LogP contribution in [0.3, 0.4) is 0 Å². The first kappa shape index (κ1) is 20.5. The van der Waals surface area contributed by atoms with E-state index in [9.17, 15) is 4.79 Å². The fraction of sp³-hybridized carbons (Fsp3) is 0.250. The van der Waals surface area contributed by atoms with Crippen LogP contribution in [-0.4, -0.2) is 56.0 Å². The molecule has 0 saturated heterocycles. The average Bonchev–Trinajstić information content (AvgIpc) is 3.25. The number of carbonyl (C=O) groups is 1. The first-order valence-corrected chi connectivity index (χ1v) is 11.3. The largest absolute Gasteiger partial charge is 0.302 e. The number of pyridine rings is 3. The van der Waals surface area contributed by atoms with Gasteiger partial charge in [0.15, 0.2) is 10.8 Å². The van der Waals surface area contributed by atoms with E-state index in [1.54, 1.807) is 24.7 Å². The molecule has 0 radical (unpaired) electrons. The maximum Gasteiger partial charge on any atom is 0.168 e. The number of nitrogens with zero attached hydrogens (tertiary/aromatic N) is 6. The van der Waals surface area contributed by atoms with Crippen LogP contribution in [0, 0.1) is 6.92 Å². The highest BCUT2D eigenvalue weighted by molar-refractivity contribution is 7.14. The van der Waals surface area contributed by atoms with Gasteiger partial charge in [0.1, 0.15) is 10.7 Å². The molecule has 0 amide bonds. The molecule has 0 atom stereocenters. The van der Waals surface area contributed by atoms with Gasteiger partial charge in [0, 0.05) is 48.3 Å². The maximum absolute atomic E-state index is 13.0. The zero-order valence-corrected chi connectivity index (χ0v) is 18.8. The summed E-state index contributed by atoms with van der Waals surface area (Å²) in [4.78, 5) is 28.7. The minimum atomic E-state index is 0.0306. The molecule has 0 N–H and O–H groups in total. The van der Waals surface area contributed by atoms with Gasteiger partial charge in [-0.25, -0.2) is 0 Å². The molecule has 0 spiro atoms. The number of ketones is 1. The quantitative estimate of drug-likeness (QED) is 0.432. The Hall–Kier alpha value is -3.36.